The van der Waals surface area contributed by atoms with Gasteiger partial charge in [-0.1, -0.05) is 30.3 Å². The predicted octanol–water partition coefficient (Wildman–Crippen LogP) is 2.51. The van der Waals surface area contributed by atoms with E-state index in [0.29, 0.717) is 5.56 Å². The van der Waals surface area contributed by atoms with Gasteiger partial charge >= 0.3 is 0 Å². The molecule has 23 heavy (non-hydrogen) atoms. The lowest BCUT2D eigenvalue weighted by atomic mass is 9.89. The molecule has 4 rings (SSSR count). The van der Waals surface area contributed by atoms with Crippen molar-refractivity contribution in [3.63, 3.8) is 0 Å². The van der Waals surface area contributed by atoms with E-state index in [1.54, 1.807) is 0 Å². The maximum absolute atomic E-state index is 10.6. The third-order valence-corrected chi connectivity index (χ3v) is 4.74. The third-order valence-electron chi connectivity index (χ3n) is 4.74. The van der Waals surface area contributed by atoms with Gasteiger partial charge in [0, 0.05) is 17.5 Å². The molecule has 3 N–H and O–H groups in total. The van der Waals surface area contributed by atoms with Gasteiger partial charge in [-0.05, 0) is 25.5 Å². The van der Waals surface area contributed by atoms with Crippen molar-refractivity contribution < 1.29 is 10.2 Å². The Morgan fingerprint density at radius 3 is 2.57 bits per heavy atom. The first-order valence-corrected chi connectivity index (χ1v) is 7.73. The summed E-state index contributed by atoms with van der Waals surface area (Å²) < 4.78 is 2.01. The molecule has 0 saturated heterocycles. The number of rotatable bonds is 1. The maximum atomic E-state index is 10.6. The fourth-order valence-electron chi connectivity index (χ4n) is 3.30. The number of anilines is 1. The molecule has 1 unspecified atom stereocenters. The second-order valence-corrected chi connectivity index (χ2v) is 6.09. The van der Waals surface area contributed by atoms with E-state index >= 15 is 0 Å². The monoisotopic (exact) mass is 309 g/mol. The number of hydrogen-bond acceptors (Lipinski definition) is 4. The van der Waals surface area contributed by atoms with Crippen LogP contribution < -0.4 is 5.32 Å². The molecule has 1 aromatic carbocycles. The lowest BCUT2D eigenvalue weighted by molar-refractivity contribution is 0.00198. The first-order chi connectivity index (χ1) is 11.1. The van der Waals surface area contributed by atoms with Crippen LogP contribution in [0.3, 0.4) is 0 Å². The van der Waals surface area contributed by atoms with E-state index in [9.17, 15) is 10.2 Å². The number of fused-ring (bicyclic) bond motifs is 3. The smallest absolute Gasteiger partial charge is 0.161 e. The highest BCUT2D eigenvalue weighted by molar-refractivity contribution is 5.75. The molecular formula is C18H19N3O2. The molecule has 1 aliphatic rings. The molecule has 3 aromatic rings. The van der Waals surface area contributed by atoms with Crippen molar-refractivity contribution in [2.45, 2.75) is 32.1 Å². The summed E-state index contributed by atoms with van der Waals surface area (Å²) in [5.74, 6) is 0. The van der Waals surface area contributed by atoms with Crippen LogP contribution in [0, 0.1) is 13.8 Å². The van der Waals surface area contributed by atoms with Crippen molar-refractivity contribution in [3.8, 4) is 0 Å². The van der Waals surface area contributed by atoms with E-state index in [-0.39, 0.29) is 6.04 Å². The number of imidazole rings is 1. The van der Waals surface area contributed by atoms with E-state index in [2.05, 4.69) is 10.3 Å². The number of aromatic nitrogens is 2. The van der Waals surface area contributed by atoms with Gasteiger partial charge in [0.05, 0.1) is 17.4 Å². The Morgan fingerprint density at radius 2 is 1.83 bits per heavy atom. The number of benzene rings is 1. The summed E-state index contributed by atoms with van der Waals surface area (Å²) in [6, 6.07) is 11.1. The summed E-state index contributed by atoms with van der Waals surface area (Å²) in [6.07, 6.45) is 0.0347. The average molecular weight is 309 g/mol. The minimum atomic E-state index is -0.946. The molecule has 0 radical (unpaired) electrons. The Morgan fingerprint density at radius 1 is 1.09 bits per heavy atom. The molecule has 2 aromatic heterocycles. The molecule has 3 atom stereocenters. The number of nitrogens with zero attached hydrogens (tertiary/aromatic N) is 2. The number of hydrogen-bond donors (Lipinski definition) is 3. The SMILES string of the molecule is Cc1nc2c3c(ccn2c1C)C(O)[C@@H](O)[C@H](c1ccccc1)N3. The fraction of sp³-hybridized carbons (Fsp3) is 0.278. The van der Waals surface area contributed by atoms with E-state index < -0.39 is 12.2 Å². The Bertz CT molecular complexity index is 873. The van der Waals surface area contributed by atoms with Crippen LogP contribution in [-0.2, 0) is 0 Å². The number of aliphatic hydroxyl groups excluding tert-OH is 2. The largest absolute Gasteiger partial charge is 0.388 e. The van der Waals surface area contributed by atoms with Gasteiger partial charge in [-0.2, -0.15) is 0 Å². The van der Waals surface area contributed by atoms with E-state index in [0.717, 1.165) is 28.3 Å². The summed E-state index contributed by atoms with van der Waals surface area (Å²) >= 11 is 0. The molecule has 0 saturated carbocycles. The van der Waals surface area contributed by atoms with Gasteiger partial charge < -0.3 is 19.9 Å². The topological polar surface area (TPSA) is 69.8 Å². The minimum absolute atomic E-state index is 0.373. The molecule has 0 spiro atoms. The molecule has 0 amide bonds. The van der Waals surface area contributed by atoms with Gasteiger partial charge in [0.1, 0.15) is 12.2 Å². The van der Waals surface area contributed by atoms with Crippen LogP contribution in [0.25, 0.3) is 5.65 Å². The molecule has 3 heterocycles. The summed E-state index contributed by atoms with van der Waals surface area (Å²) in [4.78, 5) is 4.62. The Labute approximate surface area is 134 Å². The van der Waals surface area contributed by atoms with Crippen LogP contribution in [0.2, 0.25) is 0 Å². The number of aliphatic hydroxyl groups is 2. The molecule has 0 fully saturated rings. The van der Waals surface area contributed by atoms with Crippen molar-refractivity contribution in [1.82, 2.24) is 9.38 Å². The van der Waals surface area contributed by atoms with Crippen molar-refractivity contribution in [2.75, 3.05) is 5.32 Å². The standard InChI is InChI=1S/C18H19N3O2/c1-10-11(2)21-9-8-13-15(18(21)19-10)20-14(17(23)16(13)22)12-6-4-3-5-7-12/h3-9,14,16-17,20,22-23H,1-2H3/t14-,16?,17-/m0/s1. The van der Waals surface area contributed by atoms with Crippen molar-refractivity contribution in [1.29, 1.82) is 0 Å². The van der Waals surface area contributed by atoms with Crippen LogP contribution in [0.15, 0.2) is 42.6 Å². The van der Waals surface area contributed by atoms with Gasteiger partial charge in [0.15, 0.2) is 5.65 Å². The zero-order chi connectivity index (χ0) is 16.1. The Balaban J connectivity index is 1.90. The lowest BCUT2D eigenvalue weighted by Crippen LogP contribution is -2.36. The van der Waals surface area contributed by atoms with Gasteiger partial charge in [-0.15, -0.1) is 0 Å². The van der Waals surface area contributed by atoms with Crippen molar-refractivity contribution >= 4 is 11.3 Å². The van der Waals surface area contributed by atoms with Crippen molar-refractivity contribution in [2.24, 2.45) is 0 Å². The van der Waals surface area contributed by atoms with Crippen molar-refractivity contribution in [3.05, 3.63) is 65.1 Å². The minimum Gasteiger partial charge on any atom is -0.388 e. The Hall–Kier alpha value is -2.37. The molecule has 1 aliphatic heterocycles. The van der Waals surface area contributed by atoms with Gasteiger partial charge in [-0.25, -0.2) is 4.98 Å². The summed E-state index contributed by atoms with van der Waals surface area (Å²) in [7, 11) is 0. The number of aryl methyl sites for hydroxylation is 2. The summed E-state index contributed by atoms with van der Waals surface area (Å²) in [6.45, 7) is 3.99. The zero-order valence-electron chi connectivity index (χ0n) is 13.1. The van der Waals surface area contributed by atoms with Gasteiger partial charge in [0.25, 0.3) is 0 Å². The fourth-order valence-corrected chi connectivity index (χ4v) is 3.30. The first-order valence-electron chi connectivity index (χ1n) is 7.73. The van der Waals surface area contributed by atoms with Gasteiger partial charge in [0.2, 0.25) is 0 Å². The van der Waals surface area contributed by atoms with Crippen LogP contribution in [-0.4, -0.2) is 25.7 Å². The third kappa shape index (κ3) is 2.04. The second kappa shape index (κ2) is 5.08. The van der Waals surface area contributed by atoms with E-state index in [4.69, 9.17) is 0 Å². The second-order valence-electron chi connectivity index (χ2n) is 6.09. The molecule has 0 aliphatic carbocycles. The molecule has 0 bridgehead atoms. The highest BCUT2D eigenvalue weighted by Crippen LogP contribution is 2.41. The predicted molar refractivity (Wildman–Crippen MR) is 88.4 cm³/mol. The van der Waals surface area contributed by atoms with E-state index in [1.165, 1.54) is 0 Å². The van der Waals surface area contributed by atoms with Crippen LogP contribution in [0.5, 0.6) is 0 Å². The molecule has 5 heteroatoms. The molecule has 5 nitrogen and oxygen atoms in total. The number of pyridine rings is 1. The average Bonchev–Trinajstić information content (AvgIpc) is 2.86. The summed E-state index contributed by atoms with van der Waals surface area (Å²) in [5.41, 5.74) is 5.21. The van der Waals surface area contributed by atoms with Crippen LogP contribution in [0.4, 0.5) is 5.69 Å². The molecular weight excluding hydrogens is 290 g/mol. The van der Waals surface area contributed by atoms with Gasteiger partial charge in [-0.3, -0.25) is 0 Å². The zero-order valence-corrected chi connectivity index (χ0v) is 13.1. The quantitative estimate of drug-likeness (QED) is 0.646. The highest BCUT2D eigenvalue weighted by Gasteiger charge is 2.36. The lowest BCUT2D eigenvalue weighted by Gasteiger charge is -2.35. The first kappa shape index (κ1) is 14.2. The summed E-state index contributed by atoms with van der Waals surface area (Å²) in [5, 5.41) is 24.5. The highest BCUT2D eigenvalue weighted by atomic mass is 16.3. The Kier molecular flexibility index (Phi) is 3.14. The number of nitrogens with one attached hydrogen (secondary N) is 1. The van der Waals surface area contributed by atoms with Crippen LogP contribution in [0.1, 0.15) is 34.7 Å². The van der Waals surface area contributed by atoms with E-state index in [1.807, 2.05) is 60.8 Å². The molecule has 118 valence electrons. The maximum Gasteiger partial charge on any atom is 0.161 e. The normalized spacial score (nSPS) is 23.6. The van der Waals surface area contributed by atoms with Crippen LogP contribution >= 0.6 is 0 Å².